The molecule has 0 atom stereocenters. The van der Waals surface area contributed by atoms with Gasteiger partial charge in [0.1, 0.15) is 12.1 Å². The monoisotopic (exact) mass is 412 g/mol. The van der Waals surface area contributed by atoms with Crippen LogP contribution in [-0.4, -0.2) is 41.1 Å². The summed E-state index contributed by atoms with van der Waals surface area (Å²) in [7, 11) is 0. The van der Waals surface area contributed by atoms with Gasteiger partial charge in [-0.1, -0.05) is 6.07 Å². The Morgan fingerprint density at radius 3 is 2.71 bits per heavy atom. The van der Waals surface area contributed by atoms with Gasteiger partial charge >= 0.3 is 0 Å². The first-order valence-corrected chi connectivity index (χ1v) is 10.4. The van der Waals surface area contributed by atoms with E-state index in [1.54, 1.807) is 24.5 Å². The highest BCUT2D eigenvalue weighted by Crippen LogP contribution is 2.26. The number of aryl methyl sites for hydroxylation is 1. The van der Waals surface area contributed by atoms with Crippen molar-refractivity contribution in [2.24, 2.45) is 0 Å². The molecule has 4 aromatic rings. The maximum absolute atomic E-state index is 9.87. The lowest BCUT2D eigenvalue weighted by molar-refractivity contribution is 0.242. The van der Waals surface area contributed by atoms with Crippen LogP contribution in [0.25, 0.3) is 17.1 Å². The van der Waals surface area contributed by atoms with E-state index < -0.39 is 0 Å². The smallest absolute Gasteiger partial charge is 0.162 e. The molecule has 1 aliphatic rings. The zero-order valence-corrected chi connectivity index (χ0v) is 17.7. The number of fused-ring (bicyclic) bond motifs is 1. The zero-order chi connectivity index (χ0) is 21.4. The lowest BCUT2D eigenvalue weighted by Crippen LogP contribution is -2.31. The highest BCUT2D eigenvalue weighted by Gasteiger charge is 2.21. The summed E-state index contributed by atoms with van der Waals surface area (Å²) >= 11 is 0. The van der Waals surface area contributed by atoms with E-state index in [1.165, 1.54) is 23.1 Å². The molecule has 1 N–H and O–H groups in total. The van der Waals surface area contributed by atoms with Gasteiger partial charge in [-0.25, -0.2) is 19.9 Å². The van der Waals surface area contributed by atoms with Gasteiger partial charge in [-0.2, -0.15) is 0 Å². The Labute approximate surface area is 181 Å². The Morgan fingerprint density at radius 1 is 1.06 bits per heavy atom. The third-order valence-electron chi connectivity index (χ3n) is 5.85. The molecule has 0 radical (unpaired) electrons. The Morgan fingerprint density at radius 2 is 1.90 bits per heavy atom. The van der Waals surface area contributed by atoms with E-state index in [4.69, 9.17) is 4.98 Å². The summed E-state index contributed by atoms with van der Waals surface area (Å²) in [5.41, 5.74) is 7.76. The van der Waals surface area contributed by atoms with Crippen LogP contribution in [0.3, 0.4) is 0 Å². The molecule has 3 aromatic heterocycles. The van der Waals surface area contributed by atoms with Gasteiger partial charge < -0.3 is 9.67 Å². The van der Waals surface area contributed by atoms with Crippen molar-refractivity contribution in [2.75, 3.05) is 6.54 Å². The molecule has 0 fully saturated rings. The number of hydrogen-bond donors (Lipinski definition) is 1. The van der Waals surface area contributed by atoms with Gasteiger partial charge in [-0.15, -0.1) is 0 Å². The molecule has 1 aromatic carbocycles. The Balaban J connectivity index is 1.36. The number of phenolic OH excluding ortho intramolecular Hbond substituents is 1. The van der Waals surface area contributed by atoms with Crippen molar-refractivity contribution >= 4 is 0 Å². The molecule has 7 nitrogen and oxygen atoms in total. The molecular formula is C24H24N6O. The van der Waals surface area contributed by atoms with E-state index in [1.807, 2.05) is 18.3 Å². The number of aromatic hydroxyl groups is 1. The first kappa shape index (κ1) is 19.4. The molecule has 0 unspecified atom stereocenters. The summed E-state index contributed by atoms with van der Waals surface area (Å²) in [6.45, 7) is 6.89. The van der Waals surface area contributed by atoms with Crippen molar-refractivity contribution in [3.8, 4) is 22.8 Å². The molecule has 7 heteroatoms. The number of nitrogens with zero attached hydrogens (tertiary/aromatic N) is 6. The molecule has 5 rings (SSSR count). The maximum Gasteiger partial charge on any atom is 0.162 e. The number of hydrogen-bond acceptors (Lipinski definition) is 6. The first-order chi connectivity index (χ1) is 15.1. The van der Waals surface area contributed by atoms with E-state index in [9.17, 15) is 5.11 Å². The number of benzene rings is 1. The average molecular weight is 412 g/mol. The first-order valence-electron chi connectivity index (χ1n) is 10.4. The van der Waals surface area contributed by atoms with Crippen molar-refractivity contribution < 1.29 is 5.11 Å². The summed E-state index contributed by atoms with van der Waals surface area (Å²) < 4.78 is 2.20. The molecule has 1 aliphatic heterocycles. The molecular weight excluding hydrogens is 388 g/mol. The van der Waals surface area contributed by atoms with Crippen LogP contribution in [0.5, 0.6) is 5.75 Å². The SMILES string of the molecule is Cc1cc(CN2CCc3nc(-c4cncnc4)ncc3C2)c(C)n1-c1cccc(O)c1. The lowest BCUT2D eigenvalue weighted by Gasteiger charge is -2.28. The van der Waals surface area contributed by atoms with Crippen molar-refractivity contribution in [1.29, 1.82) is 0 Å². The van der Waals surface area contributed by atoms with Gasteiger partial charge in [0, 0.05) is 73.4 Å². The predicted molar refractivity (Wildman–Crippen MR) is 118 cm³/mol. The molecule has 4 heterocycles. The van der Waals surface area contributed by atoms with Crippen molar-refractivity contribution in [1.82, 2.24) is 29.4 Å². The van der Waals surface area contributed by atoms with E-state index in [-0.39, 0.29) is 5.75 Å². The summed E-state index contributed by atoms with van der Waals surface area (Å²) in [4.78, 5) is 19.9. The largest absolute Gasteiger partial charge is 0.508 e. The topological polar surface area (TPSA) is 80.0 Å². The highest BCUT2D eigenvalue weighted by molar-refractivity contribution is 5.52. The Kier molecular flexibility index (Phi) is 4.95. The average Bonchev–Trinajstić information content (AvgIpc) is 3.06. The minimum Gasteiger partial charge on any atom is -0.508 e. The van der Waals surface area contributed by atoms with Crippen LogP contribution in [0.15, 0.2) is 55.2 Å². The summed E-state index contributed by atoms with van der Waals surface area (Å²) in [6, 6.07) is 9.63. The number of rotatable bonds is 4. The minimum atomic E-state index is 0.278. The van der Waals surface area contributed by atoms with Crippen molar-refractivity contribution in [3.05, 3.63) is 83.5 Å². The van der Waals surface area contributed by atoms with Gasteiger partial charge in [0.25, 0.3) is 0 Å². The molecule has 0 saturated carbocycles. The van der Waals surface area contributed by atoms with Crippen LogP contribution in [0.1, 0.15) is 28.2 Å². The fraction of sp³-hybridized carbons (Fsp3) is 0.250. The van der Waals surface area contributed by atoms with E-state index in [0.29, 0.717) is 5.82 Å². The predicted octanol–water partition coefficient (Wildman–Crippen LogP) is 3.61. The second kappa shape index (κ2) is 7.92. The Hall–Kier alpha value is -3.58. The summed E-state index contributed by atoms with van der Waals surface area (Å²) in [5.74, 6) is 0.961. The van der Waals surface area contributed by atoms with Gasteiger partial charge in [-0.3, -0.25) is 4.90 Å². The second-order valence-electron chi connectivity index (χ2n) is 8.00. The molecule has 0 spiro atoms. The van der Waals surface area contributed by atoms with Crippen molar-refractivity contribution in [3.63, 3.8) is 0 Å². The van der Waals surface area contributed by atoms with Crippen LogP contribution in [0, 0.1) is 13.8 Å². The fourth-order valence-corrected chi connectivity index (χ4v) is 4.32. The normalized spacial score (nSPS) is 13.9. The standard InChI is InChI=1S/C24H24N6O/c1-16-8-18(17(2)30(16)21-4-3-5-22(31)9-21)13-29-7-6-23-20(14-29)12-27-24(28-23)19-10-25-15-26-11-19/h3-5,8-12,15,31H,6-7,13-14H2,1-2H3. The van der Waals surface area contributed by atoms with E-state index in [0.717, 1.165) is 48.7 Å². The van der Waals surface area contributed by atoms with Crippen LogP contribution in [-0.2, 0) is 19.5 Å². The molecule has 31 heavy (non-hydrogen) atoms. The third kappa shape index (κ3) is 3.80. The van der Waals surface area contributed by atoms with Crippen LogP contribution < -0.4 is 0 Å². The second-order valence-corrected chi connectivity index (χ2v) is 8.00. The number of aromatic nitrogens is 5. The zero-order valence-electron chi connectivity index (χ0n) is 17.7. The molecule has 0 saturated heterocycles. The molecule has 0 aliphatic carbocycles. The maximum atomic E-state index is 9.87. The van der Waals surface area contributed by atoms with Gasteiger partial charge in [-0.05, 0) is 37.6 Å². The molecule has 0 bridgehead atoms. The van der Waals surface area contributed by atoms with Crippen molar-refractivity contribution in [2.45, 2.75) is 33.4 Å². The van der Waals surface area contributed by atoms with Crippen LogP contribution in [0.4, 0.5) is 0 Å². The van der Waals surface area contributed by atoms with E-state index >= 15 is 0 Å². The molecule has 0 amide bonds. The molecule has 156 valence electrons. The Bertz CT molecular complexity index is 1230. The summed E-state index contributed by atoms with van der Waals surface area (Å²) in [6.07, 6.45) is 7.83. The fourth-order valence-electron chi connectivity index (χ4n) is 4.32. The highest BCUT2D eigenvalue weighted by atomic mass is 16.3. The minimum absolute atomic E-state index is 0.278. The number of phenols is 1. The quantitative estimate of drug-likeness (QED) is 0.552. The van der Waals surface area contributed by atoms with Gasteiger partial charge in [0.2, 0.25) is 0 Å². The van der Waals surface area contributed by atoms with Crippen LogP contribution in [0.2, 0.25) is 0 Å². The van der Waals surface area contributed by atoms with Gasteiger partial charge in [0.05, 0.1) is 11.3 Å². The lowest BCUT2D eigenvalue weighted by atomic mass is 10.1. The summed E-state index contributed by atoms with van der Waals surface area (Å²) in [5, 5.41) is 9.87. The third-order valence-corrected chi connectivity index (χ3v) is 5.85. The van der Waals surface area contributed by atoms with E-state index in [2.05, 4.69) is 44.3 Å². The van der Waals surface area contributed by atoms with Gasteiger partial charge in [0.15, 0.2) is 5.82 Å². The van der Waals surface area contributed by atoms with Crippen LogP contribution >= 0.6 is 0 Å².